The molecule has 2 aromatic heterocycles. The third-order valence-electron chi connectivity index (χ3n) is 3.01. The Morgan fingerprint density at radius 1 is 1.35 bits per heavy atom. The smallest absolute Gasteiger partial charge is 0.230 e. The summed E-state index contributed by atoms with van der Waals surface area (Å²) in [7, 11) is 0. The molecule has 0 aliphatic heterocycles. The average molecular weight is 456 g/mol. The van der Waals surface area contributed by atoms with Crippen LogP contribution in [0.2, 0.25) is 5.02 Å². The number of carbonyl (C=O) groups is 1. The van der Waals surface area contributed by atoms with E-state index in [9.17, 15) is 4.79 Å². The van der Waals surface area contributed by atoms with Crippen molar-refractivity contribution in [3.8, 4) is 10.6 Å². The number of nitrogens with one attached hydrogen (secondary N) is 1. The second kappa shape index (κ2) is 7.37. The number of anilines is 1. The summed E-state index contributed by atoms with van der Waals surface area (Å²) in [4.78, 5) is 20.7. The maximum absolute atomic E-state index is 12.1. The van der Waals surface area contributed by atoms with Gasteiger partial charge in [0.25, 0.3) is 0 Å². The zero-order chi connectivity index (χ0) is 16.2. The summed E-state index contributed by atoms with van der Waals surface area (Å²) in [6.07, 6.45) is 3.68. The van der Waals surface area contributed by atoms with Crippen LogP contribution in [0.25, 0.3) is 10.6 Å². The van der Waals surface area contributed by atoms with Crippen molar-refractivity contribution >= 4 is 57.1 Å². The predicted octanol–water partition coefficient (Wildman–Crippen LogP) is 4.64. The molecule has 0 saturated carbocycles. The molecular weight excluding hydrogens is 445 g/mol. The first kappa shape index (κ1) is 16.4. The van der Waals surface area contributed by atoms with E-state index in [0.29, 0.717) is 10.7 Å². The number of thiazole rings is 1. The first-order valence-electron chi connectivity index (χ1n) is 6.71. The molecule has 0 unspecified atom stereocenters. The second-order valence-corrected chi connectivity index (χ2v) is 7.25. The molecule has 0 spiro atoms. The number of aromatic nitrogens is 2. The Hall–Kier alpha value is -1.51. The van der Waals surface area contributed by atoms with E-state index in [1.807, 2.05) is 23.6 Å². The van der Waals surface area contributed by atoms with Gasteiger partial charge in [0, 0.05) is 26.9 Å². The molecule has 7 heteroatoms. The summed E-state index contributed by atoms with van der Waals surface area (Å²) >= 11 is 9.79. The highest BCUT2D eigenvalue weighted by Crippen LogP contribution is 2.25. The number of rotatable bonds is 4. The van der Waals surface area contributed by atoms with Crippen LogP contribution in [0, 0.1) is 3.57 Å². The lowest BCUT2D eigenvalue weighted by molar-refractivity contribution is -0.115. The fourth-order valence-electron chi connectivity index (χ4n) is 1.96. The highest BCUT2D eigenvalue weighted by molar-refractivity contribution is 14.1. The van der Waals surface area contributed by atoms with Gasteiger partial charge >= 0.3 is 0 Å². The fourth-order valence-corrected chi connectivity index (χ4v) is 3.67. The van der Waals surface area contributed by atoms with E-state index in [1.165, 1.54) is 11.3 Å². The molecule has 1 amide bonds. The standard InChI is InChI=1S/C16H11ClIN3OS/c17-13-6-11(18)3-4-14(13)21-15(22)7-12-9-23-16(20-12)10-2-1-5-19-8-10/h1-6,8-9H,7H2,(H,21,22). The van der Waals surface area contributed by atoms with Gasteiger partial charge in [0.05, 0.1) is 22.8 Å². The zero-order valence-electron chi connectivity index (χ0n) is 11.8. The third kappa shape index (κ3) is 4.27. The maximum Gasteiger partial charge on any atom is 0.230 e. The molecule has 116 valence electrons. The van der Waals surface area contributed by atoms with E-state index in [-0.39, 0.29) is 12.3 Å². The number of pyridine rings is 1. The van der Waals surface area contributed by atoms with E-state index in [2.05, 4.69) is 37.9 Å². The molecule has 0 fully saturated rings. The first-order chi connectivity index (χ1) is 11.1. The molecule has 0 bridgehead atoms. The Morgan fingerprint density at radius 3 is 2.96 bits per heavy atom. The topological polar surface area (TPSA) is 54.9 Å². The quantitative estimate of drug-likeness (QED) is 0.583. The summed E-state index contributed by atoms with van der Waals surface area (Å²) < 4.78 is 1.02. The third-order valence-corrected chi connectivity index (χ3v) is 4.93. The molecule has 1 aromatic carbocycles. The molecule has 0 saturated heterocycles. The molecule has 0 aliphatic carbocycles. The van der Waals surface area contributed by atoms with Crippen molar-refractivity contribution in [2.24, 2.45) is 0 Å². The van der Waals surface area contributed by atoms with Gasteiger partial charge < -0.3 is 5.32 Å². The normalized spacial score (nSPS) is 10.5. The van der Waals surface area contributed by atoms with Gasteiger partial charge in [-0.2, -0.15) is 0 Å². The Morgan fingerprint density at radius 2 is 2.22 bits per heavy atom. The summed E-state index contributed by atoms with van der Waals surface area (Å²) in [6.45, 7) is 0. The number of carbonyl (C=O) groups excluding carboxylic acids is 1. The van der Waals surface area contributed by atoms with Crippen molar-refractivity contribution in [3.05, 3.63) is 62.4 Å². The number of hydrogen-bond acceptors (Lipinski definition) is 4. The minimum atomic E-state index is -0.142. The minimum Gasteiger partial charge on any atom is -0.324 e. The molecular formula is C16H11ClIN3OS. The van der Waals surface area contributed by atoms with Gasteiger partial charge in [-0.1, -0.05) is 11.6 Å². The highest BCUT2D eigenvalue weighted by Gasteiger charge is 2.11. The molecule has 4 nitrogen and oxygen atoms in total. The van der Waals surface area contributed by atoms with Gasteiger partial charge in [0.1, 0.15) is 5.01 Å². The lowest BCUT2D eigenvalue weighted by Gasteiger charge is -2.06. The van der Waals surface area contributed by atoms with E-state index in [0.717, 1.165) is 19.8 Å². The van der Waals surface area contributed by atoms with Crippen molar-refractivity contribution in [3.63, 3.8) is 0 Å². The highest BCUT2D eigenvalue weighted by atomic mass is 127. The number of halogens is 2. The van der Waals surface area contributed by atoms with Crippen LogP contribution < -0.4 is 5.32 Å². The van der Waals surface area contributed by atoms with Crippen molar-refractivity contribution in [2.45, 2.75) is 6.42 Å². The largest absolute Gasteiger partial charge is 0.324 e. The van der Waals surface area contributed by atoms with E-state index in [1.54, 1.807) is 24.5 Å². The molecule has 1 N–H and O–H groups in total. The summed E-state index contributed by atoms with van der Waals surface area (Å²) in [6, 6.07) is 9.31. The van der Waals surface area contributed by atoms with Crippen molar-refractivity contribution in [1.29, 1.82) is 0 Å². The molecule has 0 radical (unpaired) electrons. The van der Waals surface area contributed by atoms with E-state index >= 15 is 0 Å². The number of amides is 1. The van der Waals surface area contributed by atoms with E-state index < -0.39 is 0 Å². The van der Waals surface area contributed by atoms with Crippen LogP contribution in [-0.4, -0.2) is 15.9 Å². The monoisotopic (exact) mass is 455 g/mol. The summed E-state index contributed by atoms with van der Waals surface area (Å²) in [5.41, 5.74) is 2.29. The van der Waals surface area contributed by atoms with Gasteiger partial charge in [-0.25, -0.2) is 4.98 Å². The lowest BCUT2D eigenvalue weighted by atomic mass is 10.2. The van der Waals surface area contributed by atoms with E-state index in [4.69, 9.17) is 11.6 Å². The van der Waals surface area contributed by atoms with Gasteiger partial charge in [-0.3, -0.25) is 9.78 Å². The molecule has 3 rings (SSSR count). The Kier molecular flexibility index (Phi) is 5.24. The van der Waals surface area contributed by atoms with Crippen LogP contribution in [0.1, 0.15) is 5.69 Å². The summed E-state index contributed by atoms with van der Waals surface area (Å²) in [5, 5.41) is 6.08. The Balaban J connectivity index is 1.68. The molecule has 2 heterocycles. The fraction of sp³-hybridized carbons (Fsp3) is 0.0625. The van der Waals surface area contributed by atoms with Crippen molar-refractivity contribution in [2.75, 3.05) is 5.32 Å². The van der Waals surface area contributed by atoms with Crippen LogP contribution >= 0.6 is 45.5 Å². The van der Waals surface area contributed by atoms with Crippen LogP contribution in [0.15, 0.2) is 48.1 Å². The van der Waals surface area contributed by atoms with Gasteiger partial charge in [-0.15, -0.1) is 11.3 Å². The van der Waals surface area contributed by atoms with Gasteiger partial charge in [-0.05, 0) is 52.9 Å². The minimum absolute atomic E-state index is 0.142. The van der Waals surface area contributed by atoms with Gasteiger partial charge in [0.2, 0.25) is 5.91 Å². The lowest BCUT2D eigenvalue weighted by Crippen LogP contribution is -2.14. The molecule has 3 aromatic rings. The van der Waals surface area contributed by atoms with Gasteiger partial charge in [0.15, 0.2) is 0 Å². The summed E-state index contributed by atoms with van der Waals surface area (Å²) in [5.74, 6) is -0.142. The Bertz CT molecular complexity index is 838. The average Bonchev–Trinajstić information content (AvgIpc) is 2.99. The molecule has 23 heavy (non-hydrogen) atoms. The van der Waals surface area contributed by atoms with Crippen LogP contribution in [0.4, 0.5) is 5.69 Å². The molecule has 0 atom stereocenters. The number of nitrogens with zero attached hydrogens (tertiary/aromatic N) is 2. The Labute approximate surface area is 156 Å². The SMILES string of the molecule is O=C(Cc1csc(-c2cccnc2)n1)Nc1ccc(I)cc1Cl. The van der Waals surface area contributed by atoms with Crippen molar-refractivity contribution in [1.82, 2.24) is 9.97 Å². The predicted molar refractivity (Wildman–Crippen MR) is 102 cm³/mol. The number of benzene rings is 1. The maximum atomic E-state index is 12.1. The van der Waals surface area contributed by atoms with Crippen LogP contribution in [-0.2, 0) is 11.2 Å². The number of hydrogen-bond donors (Lipinski definition) is 1. The van der Waals surface area contributed by atoms with Crippen molar-refractivity contribution < 1.29 is 4.79 Å². The van der Waals surface area contributed by atoms with Crippen LogP contribution in [0.5, 0.6) is 0 Å². The van der Waals surface area contributed by atoms with Crippen LogP contribution in [0.3, 0.4) is 0 Å². The zero-order valence-corrected chi connectivity index (χ0v) is 15.5. The molecule has 0 aliphatic rings. The second-order valence-electron chi connectivity index (χ2n) is 4.73. The first-order valence-corrected chi connectivity index (χ1v) is 9.05.